The Bertz CT molecular complexity index is 841. The van der Waals surface area contributed by atoms with Crippen LogP contribution in [-0.4, -0.2) is 31.1 Å². The highest BCUT2D eigenvalue weighted by atomic mass is 19.1. The van der Waals surface area contributed by atoms with Crippen molar-refractivity contribution in [1.29, 1.82) is 0 Å². The number of carbonyl (C=O) groups is 1. The Morgan fingerprint density at radius 1 is 1.39 bits per heavy atom. The molecule has 7 nitrogen and oxygen atoms in total. The molecule has 3 rings (SSSR count). The molecule has 0 aromatic carbocycles. The average Bonchev–Trinajstić information content (AvgIpc) is 3.18. The van der Waals surface area contributed by atoms with Gasteiger partial charge in [0.15, 0.2) is 17.4 Å². The van der Waals surface area contributed by atoms with Crippen LogP contribution < -0.4 is 0 Å². The van der Waals surface area contributed by atoms with Crippen LogP contribution in [0.25, 0.3) is 5.76 Å². The zero-order valence-corrected chi connectivity index (χ0v) is 11.7. The first kappa shape index (κ1) is 14.6. The normalized spacial score (nSPS) is 11.6. The molecule has 0 aliphatic carbocycles. The Hall–Kier alpha value is -3.29. The standard InChI is InChI=1S/C15H11FN4O3/c16-10-7-23-13(5-9-1-3-17-4-2-9)14(10)11(21)6-12(22)15-18-8-19-20-15/h1-4,6-8,22H,5H2,(H,18,19,20). The fourth-order valence-corrected chi connectivity index (χ4v) is 2.04. The zero-order valence-electron chi connectivity index (χ0n) is 11.7. The summed E-state index contributed by atoms with van der Waals surface area (Å²) in [4.78, 5) is 19.8. The fraction of sp³-hybridized carbons (Fsp3) is 0.0667. The number of H-pyrrole nitrogens is 1. The number of halogens is 1. The summed E-state index contributed by atoms with van der Waals surface area (Å²) in [6.45, 7) is 0. The maximum absolute atomic E-state index is 13.9. The van der Waals surface area contributed by atoms with Crippen molar-refractivity contribution in [1.82, 2.24) is 20.2 Å². The van der Waals surface area contributed by atoms with Crippen molar-refractivity contribution in [3.8, 4) is 0 Å². The van der Waals surface area contributed by atoms with Crippen molar-refractivity contribution in [3.63, 3.8) is 0 Å². The molecule has 0 spiro atoms. The van der Waals surface area contributed by atoms with Crippen LogP contribution in [0.15, 0.2) is 47.6 Å². The largest absolute Gasteiger partial charge is 0.504 e. The molecule has 3 heterocycles. The zero-order chi connectivity index (χ0) is 16.2. The molecule has 0 radical (unpaired) electrons. The van der Waals surface area contributed by atoms with E-state index in [4.69, 9.17) is 4.42 Å². The van der Waals surface area contributed by atoms with Gasteiger partial charge in [-0.1, -0.05) is 0 Å². The number of ketones is 1. The van der Waals surface area contributed by atoms with Gasteiger partial charge in [0.2, 0.25) is 5.82 Å². The maximum atomic E-state index is 13.9. The number of nitrogens with one attached hydrogen (secondary N) is 1. The van der Waals surface area contributed by atoms with Crippen LogP contribution in [0.3, 0.4) is 0 Å². The van der Waals surface area contributed by atoms with E-state index in [0.717, 1.165) is 17.9 Å². The first-order valence-corrected chi connectivity index (χ1v) is 6.61. The summed E-state index contributed by atoms with van der Waals surface area (Å²) in [6, 6.07) is 3.46. The Labute approximate surface area is 129 Å². The van der Waals surface area contributed by atoms with Gasteiger partial charge in [0, 0.05) is 24.9 Å². The third-order valence-electron chi connectivity index (χ3n) is 3.09. The summed E-state index contributed by atoms with van der Waals surface area (Å²) in [7, 11) is 0. The van der Waals surface area contributed by atoms with Gasteiger partial charge in [-0.25, -0.2) is 9.37 Å². The van der Waals surface area contributed by atoms with Crippen LogP contribution in [0.1, 0.15) is 27.5 Å². The summed E-state index contributed by atoms with van der Waals surface area (Å²) in [5.74, 6) is -1.89. The highest BCUT2D eigenvalue weighted by molar-refractivity contribution is 6.08. The van der Waals surface area contributed by atoms with Gasteiger partial charge in [-0.2, -0.15) is 5.10 Å². The minimum Gasteiger partial charge on any atom is -0.504 e. The van der Waals surface area contributed by atoms with Crippen molar-refractivity contribution < 1.29 is 18.7 Å². The van der Waals surface area contributed by atoms with Crippen molar-refractivity contribution in [2.45, 2.75) is 6.42 Å². The summed E-state index contributed by atoms with van der Waals surface area (Å²) in [5.41, 5.74) is 0.578. The lowest BCUT2D eigenvalue weighted by Gasteiger charge is -2.01. The number of pyridine rings is 1. The molecule has 3 aromatic heterocycles. The maximum Gasteiger partial charge on any atom is 0.215 e. The van der Waals surface area contributed by atoms with Gasteiger partial charge in [-0.05, 0) is 17.7 Å². The Balaban J connectivity index is 1.89. The molecule has 0 aliphatic rings. The van der Waals surface area contributed by atoms with E-state index in [-0.39, 0.29) is 23.6 Å². The van der Waals surface area contributed by atoms with Gasteiger partial charge >= 0.3 is 0 Å². The molecule has 23 heavy (non-hydrogen) atoms. The molecule has 2 N–H and O–H groups in total. The lowest BCUT2D eigenvalue weighted by Crippen LogP contribution is -2.03. The number of aromatic amines is 1. The van der Waals surface area contributed by atoms with Gasteiger partial charge in [-0.15, -0.1) is 0 Å². The summed E-state index contributed by atoms with van der Waals surface area (Å²) in [5, 5.41) is 15.8. The van der Waals surface area contributed by atoms with Gasteiger partial charge in [0.1, 0.15) is 18.4 Å². The van der Waals surface area contributed by atoms with Crippen LogP contribution in [0.4, 0.5) is 4.39 Å². The van der Waals surface area contributed by atoms with E-state index in [1.54, 1.807) is 24.5 Å². The van der Waals surface area contributed by atoms with Crippen molar-refractivity contribution in [2.24, 2.45) is 0 Å². The monoisotopic (exact) mass is 314 g/mol. The van der Waals surface area contributed by atoms with Crippen molar-refractivity contribution in [3.05, 3.63) is 71.7 Å². The number of hydrogen-bond acceptors (Lipinski definition) is 6. The second-order valence-corrected chi connectivity index (χ2v) is 4.63. The topological polar surface area (TPSA) is 105 Å². The number of allylic oxidation sites excluding steroid dienone is 1. The van der Waals surface area contributed by atoms with E-state index >= 15 is 0 Å². The molecule has 8 heteroatoms. The second-order valence-electron chi connectivity index (χ2n) is 4.63. The third-order valence-corrected chi connectivity index (χ3v) is 3.09. The number of rotatable bonds is 5. The molecule has 0 unspecified atom stereocenters. The first-order valence-electron chi connectivity index (χ1n) is 6.61. The molecule has 0 atom stereocenters. The predicted octanol–water partition coefficient (Wildman–Crippen LogP) is 2.30. The smallest absolute Gasteiger partial charge is 0.215 e. The molecule has 0 saturated heterocycles. The minimum absolute atomic E-state index is 0.0575. The highest BCUT2D eigenvalue weighted by Gasteiger charge is 2.21. The van der Waals surface area contributed by atoms with E-state index < -0.39 is 17.4 Å². The summed E-state index contributed by atoms with van der Waals surface area (Å²) in [6.07, 6.45) is 6.37. The molecule has 116 valence electrons. The molecule has 0 bridgehead atoms. The Morgan fingerprint density at radius 3 is 2.87 bits per heavy atom. The molecular formula is C15H11FN4O3. The third kappa shape index (κ3) is 3.15. The minimum atomic E-state index is -0.793. The van der Waals surface area contributed by atoms with Gasteiger partial charge in [0.05, 0.1) is 5.56 Å². The molecule has 0 fully saturated rings. The summed E-state index contributed by atoms with van der Waals surface area (Å²) < 4.78 is 19.0. The van der Waals surface area contributed by atoms with Gasteiger partial charge < -0.3 is 9.52 Å². The summed E-state index contributed by atoms with van der Waals surface area (Å²) >= 11 is 0. The average molecular weight is 314 g/mol. The lowest BCUT2D eigenvalue weighted by atomic mass is 10.1. The van der Waals surface area contributed by atoms with E-state index in [2.05, 4.69) is 20.2 Å². The first-order chi connectivity index (χ1) is 11.1. The molecule has 3 aromatic rings. The van der Waals surface area contributed by atoms with E-state index in [9.17, 15) is 14.3 Å². The Morgan fingerprint density at radius 2 is 2.17 bits per heavy atom. The molecule has 0 saturated carbocycles. The number of furan rings is 1. The SMILES string of the molecule is O=C(C=C(O)c1nc[nH]n1)c1c(F)coc1Cc1ccncc1. The fourth-order valence-electron chi connectivity index (χ4n) is 2.04. The lowest BCUT2D eigenvalue weighted by molar-refractivity contribution is 0.104. The van der Waals surface area contributed by atoms with E-state index in [1.165, 1.54) is 6.33 Å². The quantitative estimate of drug-likeness (QED) is 0.425. The predicted molar refractivity (Wildman–Crippen MR) is 77.0 cm³/mol. The number of carbonyl (C=O) groups excluding carboxylic acids is 1. The van der Waals surface area contributed by atoms with Crippen LogP contribution in [0.2, 0.25) is 0 Å². The number of aliphatic hydroxyl groups excluding tert-OH is 1. The van der Waals surface area contributed by atoms with Crippen LogP contribution in [-0.2, 0) is 6.42 Å². The van der Waals surface area contributed by atoms with E-state index in [1.807, 2.05) is 0 Å². The van der Waals surface area contributed by atoms with Crippen molar-refractivity contribution >= 4 is 11.5 Å². The molecule has 0 aliphatic heterocycles. The second kappa shape index (κ2) is 6.22. The number of aliphatic hydroxyl groups is 1. The van der Waals surface area contributed by atoms with Crippen molar-refractivity contribution in [2.75, 3.05) is 0 Å². The molecule has 0 amide bonds. The molecular weight excluding hydrogens is 303 g/mol. The highest BCUT2D eigenvalue weighted by Crippen LogP contribution is 2.21. The van der Waals surface area contributed by atoms with Crippen LogP contribution in [0.5, 0.6) is 0 Å². The number of nitrogens with zero attached hydrogens (tertiary/aromatic N) is 3. The number of hydrogen-bond donors (Lipinski definition) is 2. The van der Waals surface area contributed by atoms with Gasteiger partial charge in [-0.3, -0.25) is 14.9 Å². The van der Waals surface area contributed by atoms with Crippen LogP contribution in [0, 0.1) is 5.82 Å². The number of aromatic nitrogens is 4. The van der Waals surface area contributed by atoms with E-state index in [0.29, 0.717) is 0 Å². The van der Waals surface area contributed by atoms with Gasteiger partial charge in [0.25, 0.3) is 0 Å². The Kier molecular flexibility index (Phi) is 3.96. The van der Waals surface area contributed by atoms with Crippen LogP contribution >= 0.6 is 0 Å².